The first-order valence-corrected chi connectivity index (χ1v) is 9.60. The molecule has 1 fully saturated rings. The Kier molecular flexibility index (Phi) is 6.66. The molecule has 0 saturated carbocycles. The molecule has 0 atom stereocenters. The van der Waals surface area contributed by atoms with Crippen LogP contribution in [0.4, 0.5) is 0 Å². The zero-order valence-corrected chi connectivity index (χ0v) is 16.4. The summed E-state index contributed by atoms with van der Waals surface area (Å²) in [5, 5.41) is 14.4. The fourth-order valence-electron chi connectivity index (χ4n) is 3.30. The number of likely N-dealkylation sites (tertiary alicyclic amines) is 1. The molecule has 2 aromatic rings. The normalized spacial score (nSPS) is 15.3. The molecule has 1 saturated heterocycles. The number of carbonyl (C=O) groups excluding carboxylic acids is 1. The largest absolute Gasteiger partial charge is 0.508 e. The standard InChI is InChI=1S/C22H27N3O3/c1-16(23-24-22(27)17-6-9-20(28-2)10-7-17)18-8-11-21(26)19(14-18)15-25-12-4-3-5-13-25/h6-11,14,26H,3-5,12-13,15H2,1-2H3,(H,24,27)/b23-16+. The van der Waals surface area contributed by atoms with E-state index in [-0.39, 0.29) is 5.91 Å². The van der Waals surface area contributed by atoms with Gasteiger partial charge in [-0.25, -0.2) is 5.43 Å². The van der Waals surface area contributed by atoms with Crippen molar-refractivity contribution >= 4 is 11.6 Å². The number of benzene rings is 2. The van der Waals surface area contributed by atoms with E-state index in [0.29, 0.717) is 22.8 Å². The fraction of sp³-hybridized carbons (Fsp3) is 0.364. The zero-order valence-electron chi connectivity index (χ0n) is 16.4. The number of phenolic OH excluding ortho intramolecular Hbond substituents is 1. The van der Waals surface area contributed by atoms with Crippen molar-refractivity contribution in [1.82, 2.24) is 10.3 Å². The Bertz CT molecular complexity index is 841. The van der Waals surface area contributed by atoms with Crippen molar-refractivity contribution in [2.75, 3.05) is 20.2 Å². The van der Waals surface area contributed by atoms with Gasteiger partial charge in [-0.15, -0.1) is 0 Å². The Balaban J connectivity index is 1.67. The lowest BCUT2D eigenvalue weighted by Crippen LogP contribution is -2.29. The smallest absolute Gasteiger partial charge is 0.271 e. The first-order chi connectivity index (χ1) is 13.6. The maximum absolute atomic E-state index is 12.3. The molecule has 6 nitrogen and oxygen atoms in total. The van der Waals surface area contributed by atoms with Crippen molar-refractivity contribution in [3.63, 3.8) is 0 Å². The first kappa shape index (κ1) is 19.9. The van der Waals surface area contributed by atoms with Crippen LogP contribution in [0, 0.1) is 0 Å². The summed E-state index contributed by atoms with van der Waals surface area (Å²) in [5.41, 5.74) is 5.54. The molecule has 0 radical (unpaired) electrons. The minimum absolute atomic E-state index is 0.283. The molecule has 1 heterocycles. The Morgan fingerprint density at radius 1 is 1.11 bits per heavy atom. The first-order valence-electron chi connectivity index (χ1n) is 9.60. The number of phenols is 1. The second-order valence-electron chi connectivity index (χ2n) is 7.05. The average molecular weight is 381 g/mol. The van der Waals surface area contributed by atoms with Gasteiger partial charge in [-0.3, -0.25) is 9.69 Å². The molecule has 0 unspecified atom stereocenters. The topological polar surface area (TPSA) is 74.2 Å². The van der Waals surface area contributed by atoms with Gasteiger partial charge in [0, 0.05) is 17.7 Å². The van der Waals surface area contributed by atoms with Crippen molar-refractivity contribution in [1.29, 1.82) is 0 Å². The van der Waals surface area contributed by atoms with Crippen molar-refractivity contribution in [3.8, 4) is 11.5 Å². The van der Waals surface area contributed by atoms with Crippen LogP contribution in [0.3, 0.4) is 0 Å². The summed E-state index contributed by atoms with van der Waals surface area (Å²) in [6, 6.07) is 12.3. The van der Waals surface area contributed by atoms with E-state index < -0.39 is 0 Å². The minimum atomic E-state index is -0.283. The van der Waals surface area contributed by atoms with Crippen LogP contribution >= 0.6 is 0 Å². The number of hydrogen-bond donors (Lipinski definition) is 2. The van der Waals surface area contributed by atoms with E-state index >= 15 is 0 Å². The SMILES string of the molecule is COc1ccc(C(=O)N/N=C(\C)c2ccc(O)c(CN3CCCCC3)c2)cc1. The van der Waals surface area contributed by atoms with Crippen molar-refractivity contribution in [3.05, 3.63) is 59.2 Å². The number of hydrazone groups is 1. The number of hydrogen-bond acceptors (Lipinski definition) is 5. The van der Waals surface area contributed by atoms with Gasteiger partial charge in [0.15, 0.2) is 0 Å². The number of ether oxygens (including phenoxy) is 1. The Morgan fingerprint density at radius 2 is 1.79 bits per heavy atom. The monoisotopic (exact) mass is 381 g/mol. The molecule has 1 aliphatic rings. The Morgan fingerprint density at radius 3 is 2.46 bits per heavy atom. The summed E-state index contributed by atoms with van der Waals surface area (Å²) in [6.07, 6.45) is 3.69. The van der Waals surface area contributed by atoms with E-state index in [1.165, 1.54) is 19.3 Å². The number of piperidine rings is 1. The summed E-state index contributed by atoms with van der Waals surface area (Å²) >= 11 is 0. The van der Waals surface area contributed by atoms with Gasteiger partial charge in [0.2, 0.25) is 0 Å². The highest BCUT2D eigenvalue weighted by Crippen LogP contribution is 2.22. The fourth-order valence-corrected chi connectivity index (χ4v) is 3.30. The third kappa shape index (κ3) is 5.10. The van der Waals surface area contributed by atoms with E-state index in [4.69, 9.17) is 4.74 Å². The van der Waals surface area contributed by atoms with Gasteiger partial charge in [-0.1, -0.05) is 6.42 Å². The van der Waals surface area contributed by atoms with E-state index in [1.807, 2.05) is 19.1 Å². The number of nitrogens with one attached hydrogen (secondary N) is 1. The highest BCUT2D eigenvalue weighted by Gasteiger charge is 2.13. The number of rotatable bonds is 6. The molecule has 2 aromatic carbocycles. The van der Waals surface area contributed by atoms with Gasteiger partial charge in [-0.05, 0) is 80.9 Å². The summed E-state index contributed by atoms with van der Waals surface area (Å²) in [7, 11) is 1.58. The number of methoxy groups -OCH3 is 1. The van der Waals surface area contributed by atoms with Crippen molar-refractivity contribution in [2.24, 2.45) is 5.10 Å². The summed E-state index contributed by atoms with van der Waals surface area (Å²) in [5.74, 6) is 0.709. The Labute approximate surface area is 165 Å². The highest BCUT2D eigenvalue weighted by atomic mass is 16.5. The van der Waals surface area contributed by atoms with Crippen LogP contribution < -0.4 is 10.2 Å². The maximum atomic E-state index is 12.3. The Hall–Kier alpha value is -2.86. The lowest BCUT2D eigenvalue weighted by atomic mass is 10.0. The highest BCUT2D eigenvalue weighted by molar-refractivity contribution is 6.01. The number of amides is 1. The van der Waals surface area contributed by atoms with E-state index in [0.717, 1.165) is 30.8 Å². The molecule has 0 spiro atoms. The van der Waals surface area contributed by atoms with Gasteiger partial charge in [0.1, 0.15) is 11.5 Å². The van der Waals surface area contributed by atoms with E-state index in [9.17, 15) is 9.90 Å². The van der Waals surface area contributed by atoms with Crippen LogP contribution in [0.25, 0.3) is 0 Å². The molecule has 28 heavy (non-hydrogen) atoms. The summed E-state index contributed by atoms with van der Waals surface area (Å²) in [6.45, 7) is 4.69. The van der Waals surface area contributed by atoms with Gasteiger partial charge in [0.25, 0.3) is 5.91 Å². The molecule has 6 heteroatoms. The summed E-state index contributed by atoms with van der Waals surface area (Å²) in [4.78, 5) is 14.6. The lowest BCUT2D eigenvalue weighted by Gasteiger charge is -2.26. The van der Waals surface area contributed by atoms with Crippen LogP contribution in [0.5, 0.6) is 11.5 Å². The second kappa shape index (κ2) is 9.37. The van der Waals surface area contributed by atoms with Crippen LogP contribution in [0.1, 0.15) is 47.7 Å². The second-order valence-corrected chi connectivity index (χ2v) is 7.05. The van der Waals surface area contributed by atoms with Gasteiger partial charge < -0.3 is 9.84 Å². The molecule has 1 aliphatic heterocycles. The molecule has 148 valence electrons. The molecule has 2 N–H and O–H groups in total. The minimum Gasteiger partial charge on any atom is -0.508 e. The van der Waals surface area contributed by atoms with E-state index in [1.54, 1.807) is 37.4 Å². The van der Waals surface area contributed by atoms with Gasteiger partial charge >= 0.3 is 0 Å². The van der Waals surface area contributed by atoms with Crippen LogP contribution in [-0.4, -0.2) is 41.8 Å². The number of nitrogens with zero attached hydrogens (tertiary/aromatic N) is 2. The lowest BCUT2D eigenvalue weighted by molar-refractivity contribution is 0.0955. The molecular weight excluding hydrogens is 354 g/mol. The molecular formula is C22H27N3O3. The predicted molar refractivity (Wildman–Crippen MR) is 110 cm³/mol. The third-order valence-corrected chi connectivity index (χ3v) is 5.02. The maximum Gasteiger partial charge on any atom is 0.271 e. The number of aromatic hydroxyl groups is 1. The molecule has 0 aliphatic carbocycles. The quantitative estimate of drug-likeness (QED) is 0.593. The van der Waals surface area contributed by atoms with Crippen molar-refractivity contribution < 1.29 is 14.6 Å². The van der Waals surface area contributed by atoms with Gasteiger partial charge in [-0.2, -0.15) is 5.10 Å². The molecule has 0 bridgehead atoms. The van der Waals surface area contributed by atoms with Crippen LogP contribution in [-0.2, 0) is 6.54 Å². The molecule has 3 rings (SSSR count). The van der Waals surface area contributed by atoms with Crippen LogP contribution in [0.15, 0.2) is 47.6 Å². The van der Waals surface area contributed by atoms with Gasteiger partial charge in [0.05, 0.1) is 12.8 Å². The average Bonchev–Trinajstić information content (AvgIpc) is 2.74. The predicted octanol–water partition coefficient (Wildman–Crippen LogP) is 3.54. The third-order valence-electron chi connectivity index (χ3n) is 5.02. The molecule has 0 aromatic heterocycles. The summed E-state index contributed by atoms with van der Waals surface area (Å²) < 4.78 is 5.10. The van der Waals surface area contributed by atoms with E-state index in [2.05, 4.69) is 15.4 Å². The number of carbonyl (C=O) groups is 1. The zero-order chi connectivity index (χ0) is 19.9. The molecule has 1 amide bonds. The van der Waals surface area contributed by atoms with Crippen LogP contribution in [0.2, 0.25) is 0 Å². The van der Waals surface area contributed by atoms with Crippen molar-refractivity contribution in [2.45, 2.75) is 32.7 Å².